The Hall–Kier alpha value is -2.96. The number of hydrogen-bond acceptors (Lipinski definition) is 5. The number of nitrogens with one attached hydrogen (secondary N) is 1. The Bertz CT molecular complexity index is 939. The van der Waals surface area contributed by atoms with Gasteiger partial charge in [-0.25, -0.2) is 4.79 Å². The van der Waals surface area contributed by atoms with Crippen molar-refractivity contribution in [1.29, 1.82) is 0 Å². The van der Waals surface area contributed by atoms with Gasteiger partial charge in [0.1, 0.15) is 6.04 Å². The topological polar surface area (TPSA) is 96.5 Å². The summed E-state index contributed by atoms with van der Waals surface area (Å²) in [5.41, 5.74) is 1.26. The molecule has 4 rings (SSSR count). The van der Waals surface area contributed by atoms with Crippen LogP contribution in [0.3, 0.4) is 0 Å². The molecular formula is C21H22N2O5. The van der Waals surface area contributed by atoms with Gasteiger partial charge in [0.25, 0.3) is 0 Å². The molecular weight excluding hydrogens is 360 g/mol. The minimum atomic E-state index is -1.03. The van der Waals surface area contributed by atoms with Crippen molar-refractivity contribution in [3.63, 3.8) is 0 Å². The van der Waals surface area contributed by atoms with Crippen molar-refractivity contribution in [3.05, 3.63) is 36.0 Å². The zero-order valence-corrected chi connectivity index (χ0v) is 15.6. The fourth-order valence-corrected chi connectivity index (χ4v) is 4.31. The Balaban J connectivity index is 1.41. The van der Waals surface area contributed by atoms with Gasteiger partial charge in [0.2, 0.25) is 17.6 Å². The smallest absolute Gasteiger partial charge is 0.329 e. The minimum absolute atomic E-state index is 0.290. The Kier molecular flexibility index (Phi) is 4.75. The second-order valence-corrected chi connectivity index (χ2v) is 7.50. The Morgan fingerprint density at radius 2 is 1.79 bits per heavy atom. The number of para-hydroxylation sites is 1. The van der Waals surface area contributed by atoms with Crippen molar-refractivity contribution >= 4 is 34.5 Å². The number of imide groups is 1. The average molecular weight is 382 g/mol. The van der Waals surface area contributed by atoms with Crippen LogP contribution >= 0.6 is 0 Å². The third-order valence-electron chi connectivity index (χ3n) is 5.84. The van der Waals surface area contributed by atoms with E-state index in [1.54, 1.807) is 6.20 Å². The average Bonchev–Trinajstić information content (AvgIpc) is 3.25. The first-order chi connectivity index (χ1) is 13.5. The number of esters is 1. The molecule has 1 saturated heterocycles. The van der Waals surface area contributed by atoms with E-state index >= 15 is 0 Å². The number of nitrogens with zero attached hydrogens (tertiary/aromatic N) is 1. The quantitative estimate of drug-likeness (QED) is 0.487. The van der Waals surface area contributed by atoms with E-state index in [2.05, 4.69) is 4.98 Å². The number of aromatic nitrogens is 1. The molecule has 2 fully saturated rings. The molecule has 1 aromatic heterocycles. The van der Waals surface area contributed by atoms with Crippen molar-refractivity contribution in [2.24, 2.45) is 11.8 Å². The first-order valence-corrected chi connectivity index (χ1v) is 9.62. The number of ketones is 1. The van der Waals surface area contributed by atoms with Crippen LogP contribution in [0.5, 0.6) is 0 Å². The van der Waals surface area contributed by atoms with Gasteiger partial charge in [-0.3, -0.25) is 19.3 Å². The molecule has 28 heavy (non-hydrogen) atoms. The molecule has 2 aliphatic rings. The first-order valence-electron chi connectivity index (χ1n) is 9.62. The molecule has 1 aromatic carbocycles. The van der Waals surface area contributed by atoms with Gasteiger partial charge in [-0.1, -0.05) is 31.0 Å². The standard InChI is InChI=1S/C21H22N2O5/c1-12(23-19(25)14-7-2-3-8-15(14)20(23)26)21(27)28-11-18(24)16-10-22-17-9-5-4-6-13(16)17/h4-6,9-10,12,14-15,22H,2-3,7-8,11H2,1H3/t12-,14-,15-/m0/s1. The summed E-state index contributed by atoms with van der Waals surface area (Å²) in [5.74, 6) is -2.29. The third-order valence-corrected chi connectivity index (χ3v) is 5.84. The van der Waals surface area contributed by atoms with Crippen LogP contribution < -0.4 is 0 Å². The molecule has 0 bridgehead atoms. The van der Waals surface area contributed by atoms with Gasteiger partial charge >= 0.3 is 5.97 Å². The molecule has 1 aliphatic carbocycles. The highest BCUT2D eigenvalue weighted by Gasteiger charge is 2.51. The van der Waals surface area contributed by atoms with Crippen LogP contribution in [0, 0.1) is 11.8 Å². The Labute approximate surface area is 162 Å². The van der Waals surface area contributed by atoms with Gasteiger partial charge in [0, 0.05) is 22.7 Å². The maximum atomic E-state index is 12.6. The number of likely N-dealkylation sites (tertiary alicyclic amines) is 1. The Morgan fingerprint density at radius 3 is 2.46 bits per heavy atom. The van der Waals surface area contributed by atoms with Crippen molar-refractivity contribution in [2.75, 3.05) is 6.61 Å². The highest BCUT2D eigenvalue weighted by molar-refractivity contribution is 6.10. The molecule has 7 heteroatoms. The van der Waals surface area contributed by atoms with E-state index in [-0.39, 0.29) is 29.4 Å². The normalized spacial score (nSPS) is 23.0. The summed E-state index contributed by atoms with van der Waals surface area (Å²) in [7, 11) is 0. The lowest BCUT2D eigenvalue weighted by molar-refractivity contribution is -0.157. The SMILES string of the molecule is C[C@@H](C(=O)OCC(=O)c1c[nH]c2ccccc12)N1C(=O)[C@H]2CCCC[C@@H]2C1=O. The van der Waals surface area contributed by atoms with E-state index in [1.165, 1.54) is 6.92 Å². The van der Waals surface area contributed by atoms with Gasteiger partial charge < -0.3 is 9.72 Å². The summed E-state index contributed by atoms with van der Waals surface area (Å²) in [6.45, 7) is 1.04. The van der Waals surface area contributed by atoms with E-state index in [1.807, 2.05) is 24.3 Å². The first kappa shape index (κ1) is 18.4. The molecule has 3 atom stereocenters. The molecule has 2 amide bonds. The molecule has 0 radical (unpaired) electrons. The number of aromatic amines is 1. The number of amides is 2. The molecule has 1 saturated carbocycles. The molecule has 2 heterocycles. The lowest BCUT2D eigenvalue weighted by Crippen LogP contribution is -2.44. The molecule has 1 N–H and O–H groups in total. The minimum Gasteiger partial charge on any atom is -0.456 e. The number of fused-ring (bicyclic) bond motifs is 2. The number of hydrogen-bond donors (Lipinski definition) is 1. The summed E-state index contributed by atoms with van der Waals surface area (Å²) < 4.78 is 5.15. The highest BCUT2D eigenvalue weighted by Crippen LogP contribution is 2.38. The maximum Gasteiger partial charge on any atom is 0.329 e. The maximum absolute atomic E-state index is 12.6. The van der Waals surface area contributed by atoms with Crippen molar-refractivity contribution in [3.8, 4) is 0 Å². The number of Topliss-reactive ketones (excluding diaryl/α,β-unsaturated/α-hetero) is 1. The second-order valence-electron chi connectivity index (χ2n) is 7.50. The van der Waals surface area contributed by atoms with Crippen LogP contribution in [0.4, 0.5) is 0 Å². The zero-order chi connectivity index (χ0) is 19.8. The van der Waals surface area contributed by atoms with Crippen LogP contribution in [-0.2, 0) is 19.1 Å². The van der Waals surface area contributed by atoms with Crippen molar-refractivity contribution in [1.82, 2.24) is 9.88 Å². The predicted molar refractivity (Wildman–Crippen MR) is 100 cm³/mol. The van der Waals surface area contributed by atoms with Crippen LogP contribution in [0.15, 0.2) is 30.5 Å². The number of carbonyl (C=O) groups excluding carboxylic acids is 4. The summed E-state index contributed by atoms with van der Waals surface area (Å²) in [4.78, 5) is 54.1. The van der Waals surface area contributed by atoms with E-state index < -0.39 is 18.6 Å². The number of H-pyrrole nitrogens is 1. The van der Waals surface area contributed by atoms with Crippen LogP contribution in [0.25, 0.3) is 10.9 Å². The van der Waals surface area contributed by atoms with Gasteiger partial charge in [0.15, 0.2) is 6.61 Å². The van der Waals surface area contributed by atoms with Crippen LogP contribution in [-0.4, -0.2) is 46.1 Å². The summed E-state index contributed by atoms with van der Waals surface area (Å²) >= 11 is 0. The Morgan fingerprint density at radius 1 is 1.14 bits per heavy atom. The summed E-state index contributed by atoms with van der Waals surface area (Å²) in [6.07, 6.45) is 4.81. The third kappa shape index (κ3) is 3.00. The fourth-order valence-electron chi connectivity index (χ4n) is 4.31. The summed E-state index contributed by atoms with van der Waals surface area (Å²) in [6, 6.07) is 6.32. The largest absolute Gasteiger partial charge is 0.456 e. The molecule has 2 aromatic rings. The predicted octanol–water partition coefficient (Wildman–Crippen LogP) is 2.46. The lowest BCUT2D eigenvalue weighted by atomic mass is 9.81. The monoisotopic (exact) mass is 382 g/mol. The number of ether oxygens (including phenoxy) is 1. The van der Waals surface area contributed by atoms with Crippen molar-refractivity contribution in [2.45, 2.75) is 38.6 Å². The zero-order valence-electron chi connectivity index (χ0n) is 15.6. The number of benzene rings is 1. The molecule has 0 unspecified atom stereocenters. The van der Waals surface area contributed by atoms with E-state index in [9.17, 15) is 19.2 Å². The van der Waals surface area contributed by atoms with Gasteiger partial charge in [-0.2, -0.15) is 0 Å². The lowest BCUT2D eigenvalue weighted by Gasteiger charge is -2.21. The van der Waals surface area contributed by atoms with Gasteiger partial charge in [-0.05, 0) is 25.8 Å². The summed E-state index contributed by atoms with van der Waals surface area (Å²) in [5, 5.41) is 0.755. The van der Waals surface area contributed by atoms with E-state index in [0.29, 0.717) is 18.4 Å². The molecule has 0 spiro atoms. The molecule has 7 nitrogen and oxygen atoms in total. The highest BCUT2D eigenvalue weighted by atomic mass is 16.5. The van der Waals surface area contributed by atoms with Crippen LogP contribution in [0.1, 0.15) is 43.0 Å². The number of rotatable bonds is 5. The second kappa shape index (κ2) is 7.22. The molecule has 146 valence electrons. The number of carbonyl (C=O) groups is 4. The van der Waals surface area contributed by atoms with Crippen molar-refractivity contribution < 1.29 is 23.9 Å². The van der Waals surface area contributed by atoms with E-state index in [0.717, 1.165) is 28.6 Å². The van der Waals surface area contributed by atoms with Gasteiger partial charge in [0.05, 0.1) is 11.8 Å². The fraction of sp³-hybridized carbons (Fsp3) is 0.429. The van der Waals surface area contributed by atoms with Crippen LogP contribution in [0.2, 0.25) is 0 Å². The molecule has 1 aliphatic heterocycles. The van der Waals surface area contributed by atoms with E-state index in [4.69, 9.17) is 4.74 Å². The van der Waals surface area contributed by atoms with Gasteiger partial charge in [-0.15, -0.1) is 0 Å².